The van der Waals surface area contributed by atoms with Crippen molar-refractivity contribution in [1.29, 1.82) is 0 Å². The molecule has 0 bridgehead atoms. The number of thioether (sulfide) groups is 1. The number of nitrogens with zero attached hydrogens (tertiary/aromatic N) is 3. The molecule has 8 heteroatoms. The van der Waals surface area contributed by atoms with Crippen molar-refractivity contribution in [3.8, 4) is 5.75 Å². The molecule has 0 unspecified atom stereocenters. The number of hydrogen-bond donors (Lipinski definition) is 1. The first-order valence-corrected chi connectivity index (χ1v) is 11.4. The second-order valence-electron chi connectivity index (χ2n) is 7.26. The molecule has 2 heterocycles. The van der Waals surface area contributed by atoms with Gasteiger partial charge in [0, 0.05) is 21.6 Å². The summed E-state index contributed by atoms with van der Waals surface area (Å²) in [7, 11) is 1.63. The van der Waals surface area contributed by atoms with Gasteiger partial charge >= 0.3 is 0 Å². The third-order valence-electron chi connectivity index (χ3n) is 5.20. The van der Waals surface area contributed by atoms with Gasteiger partial charge < -0.3 is 4.74 Å². The molecular formula is C24H19ClN4O2S. The van der Waals surface area contributed by atoms with Gasteiger partial charge in [0.15, 0.2) is 11.3 Å². The van der Waals surface area contributed by atoms with E-state index in [1.54, 1.807) is 12.1 Å². The first-order chi connectivity index (χ1) is 15.6. The van der Waals surface area contributed by atoms with E-state index in [2.05, 4.69) is 5.32 Å². The topological polar surface area (TPSA) is 66.3 Å². The predicted octanol–water partition coefficient (Wildman–Crippen LogP) is 3.43. The summed E-state index contributed by atoms with van der Waals surface area (Å²) in [6.07, 6.45) is -0.479. The summed E-state index contributed by atoms with van der Waals surface area (Å²) in [5.41, 5.74) is 2.46. The summed E-state index contributed by atoms with van der Waals surface area (Å²) in [5, 5.41) is 12.2. The third-order valence-corrected chi connectivity index (χ3v) is 6.38. The highest BCUT2D eigenvalue weighted by Crippen LogP contribution is 2.32. The van der Waals surface area contributed by atoms with Gasteiger partial charge in [-0.25, -0.2) is 5.01 Å². The van der Waals surface area contributed by atoms with Gasteiger partial charge in [-0.1, -0.05) is 65.8 Å². The molecule has 0 saturated carbocycles. The van der Waals surface area contributed by atoms with Gasteiger partial charge in [0.2, 0.25) is 0 Å². The lowest BCUT2D eigenvalue weighted by atomic mass is 10.1. The molecule has 0 spiro atoms. The van der Waals surface area contributed by atoms with Crippen LogP contribution in [0, 0.1) is 0 Å². The van der Waals surface area contributed by atoms with Crippen LogP contribution in [0.4, 0.5) is 0 Å². The number of para-hydroxylation sites is 1. The number of amides is 1. The number of amidine groups is 1. The van der Waals surface area contributed by atoms with E-state index in [4.69, 9.17) is 26.4 Å². The van der Waals surface area contributed by atoms with E-state index in [-0.39, 0.29) is 5.91 Å². The van der Waals surface area contributed by atoms with Crippen molar-refractivity contribution in [2.75, 3.05) is 7.11 Å². The summed E-state index contributed by atoms with van der Waals surface area (Å²) < 4.78 is 5.39. The van der Waals surface area contributed by atoms with Crippen LogP contribution in [-0.4, -0.2) is 23.2 Å². The van der Waals surface area contributed by atoms with Crippen LogP contribution in [0.2, 0.25) is 5.02 Å². The van der Waals surface area contributed by atoms with Crippen molar-refractivity contribution in [3.63, 3.8) is 0 Å². The highest BCUT2D eigenvalue weighted by atomic mass is 35.5. The average molecular weight is 463 g/mol. The SMILES string of the molecule is COc1cccc([C@H]2N=c3ccccc3=C3C(=O)NC(SCc4ccc(Cl)cc4)=NN32)c1. The average Bonchev–Trinajstić information content (AvgIpc) is 2.83. The molecular weight excluding hydrogens is 444 g/mol. The fourth-order valence-electron chi connectivity index (χ4n) is 3.64. The molecule has 2 aliphatic rings. The van der Waals surface area contributed by atoms with Crippen LogP contribution in [0.3, 0.4) is 0 Å². The van der Waals surface area contributed by atoms with Gasteiger partial charge in [0.1, 0.15) is 11.4 Å². The van der Waals surface area contributed by atoms with E-state index in [1.807, 2.05) is 72.8 Å². The molecule has 6 nitrogen and oxygen atoms in total. The van der Waals surface area contributed by atoms with Crippen LogP contribution in [0.15, 0.2) is 82.9 Å². The van der Waals surface area contributed by atoms with Crippen molar-refractivity contribution >= 4 is 40.1 Å². The lowest BCUT2D eigenvalue weighted by molar-refractivity contribution is -0.116. The molecule has 0 aromatic heterocycles. The second-order valence-corrected chi connectivity index (χ2v) is 8.66. The Hall–Kier alpha value is -3.29. The van der Waals surface area contributed by atoms with Gasteiger partial charge in [-0.3, -0.25) is 15.1 Å². The molecule has 1 amide bonds. The van der Waals surface area contributed by atoms with E-state index in [0.29, 0.717) is 21.6 Å². The number of nitrogens with one attached hydrogen (secondary N) is 1. The Morgan fingerprint density at radius 1 is 1.09 bits per heavy atom. The molecule has 1 N–H and O–H groups in total. The van der Waals surface area contributed by atoms with Crippen molar-refractivity contribution in [1.82, 2.24) is 10.3 Å². The third kappa shape index (κ3) is 3.97. The number of methoxy groups -OCH3 is 1. The second kappa shape index (κ2) is 8.68. The van der Waals surface area contributed by atoms with Gasteiger partial charge in [0.05, 0.1) is 12.5 Å². The lowest BCUT2D eigenvalue weighted by Crippen LogP contribution is -2.50. The fourth-order valence-corrected chi connectivity index (χ4v) is 4.58. The number of hydrazone groups is 1. The van der Waals surface area contributed by atoms with E-state index in [9.17, 15) is 4.79 Å². The summed E-state index contributed by atoms with van der Waals surface area (Å²) in [6, 6.07) is 22.9. The number of carbonyl (C=O) groups is 1. The minimum absolute atomic E-state index is 0.200. The maximum atomic E-state index is 13.2. The molecule has 0 radical (unpaired) electrons. The van der Waals surface area contributed by atoms with Crippen molar-refractivity contribution in [3.05, 3.63) is 99.5 Å². The summed E-state index contributed by atoms with van der Waals surface area (Å²) >= 11 is 7.43. The van der Waals surface area contributed by atoms with Crippen molar-refractivity contribution in [2.24, 2.45) is 10.1 Å². The number of benzene rings is 3. The van der Waals surface area contributed by atoms with Crippen LogP contribution in [0.5, 0.6) is 5.75 Å². The molecule has 0 aliphatic carbocycles. The normalized spacial score (nSPS) is 17.0. The Balaban J connectivity index is 1.55. The largest absolute Gasteiger partial charge is 0.497 e. The van der Waals surface area contributed by atoms with E-state index >= 15 is 0 Å². The standard InChI is InChI=1S/C24H19ClN4O2S/c1-31-18-6-4-5-16(13-18)22-26-20-8-3-2-7-19(20)21-23(30)27-24(28-29(21)22)32-14-15-9-11-17(25)12-10-15/h2-13,22H,14H2,1H3,(H,27,28,30)/t22-/m0/s1. The van der Waals surface area contributed by atoms with Gasteiger partial charge in [-0.05, 0) is 35.9 Å². The van der Waals surface area contributed by atoms with Crippen molar-refractivity contribution in [2.45, 2.75) is 11.9 Å². The van der Waals surface area contributed by atoms with E-state index in [0.717, 1.165) is 27.5 Å². The highest BCUT2D eigenvalue weighted by Gasteiger charge is 2.34. The Morgan fingerprint density at radius 3 is 2.72 bits per heavy atom. The predicted molar refractivity (Wildman–Crippen MR) is 127 cm³/mol. The number of hydrogen-bond acceptors (Lipinski definition) is 6. The highest BCUT2D eigenvalue weighted by molar-refractivity contribution is 8.13. The summed E-state index contributed by atoms with van der Waals surface area (Å²) in [4.78, 5) is 18.1. The lowest BCUT2D eigenvalue weighted by Gasteiger charge is -2.34. The maximum Gasteiger partial charge on any atom is 0.276 e. The Bertz CT molecular complexity index is 1340. The smallest absolute Gasteiger partial charge is 0.276 e. The number of ether oxygens (including phenoxy) is 1. The van der Waals surface area contributed by atoms with Gasteiger partial charge in [0.25, 0.3) is 5.91 Å². The molecule has 5 rings (SSSR count). The molecule has 0 fully saturated rings. The zero-order chi connectivity index (χ0) is 22.1. The minimum atomic E-state index is -0.479. The molecule has 1 atom stereocenters. The Labute approximate surface area is 194 Å². The van der Waals surface area contributed by atoms with Crippen LogP contribution >= 0.6 is 23.4 Å². The van der Waals surface area contributed by atoms with Crippen LogP contribution in [-0.2, 0) is 10.5 Å². The van der Waals surface area contributed by atoms with Gasteiger partial charge in [-0.2, -0.15) is 0 Å². The van der Waals surface area contributed by atoms with Gasteiger partial charge in [-0.15, -0.1) is 5.10 Å². The minimum Gasteiger partial charge on any atom is -0.497 e. The number of halogens is 1. The zero-order valence-electron chi connectivity index (χ0n) is 17.2. The van der Waals surface area contributed by atoms with Crippen LogP contribution in [0.25, 0.3) is 5.70 Å². The van der Waals surface area contributed by atoms with E-state index in [1.165, 1.54) is 11.8 Å². The molecule has 0 saturated heterocycles. The Kier molecular flexibility index (Phi) is 5.59. The molecule has 2 aliphatic heterocycles. The van der Waals surface area contributed by atoms with Crippen LogP contribution < -0.4 is 20.6 Å². The number of fused-ring (bicyclic) bond motifs is 2. The first kappa shape index (κ1) is 20.6. The summed E-state index contributed by atoms with van der Waals surface area (Å²) in [6.45, 7) is 0. The van der Waals surface area contributed by atoms with Crippen LogP contribution in [0.1, 0.15) is 17.3 Å². The maximum absolute atomic E-state index is 13.2. The number of carbonyl (C=O) groups excluding carboxylic acids is 1. The first-order valence-electron chi connectivity index (χ1n) is 10.00. The van der Waals surface area contributed by atoms with E-state index < -0.39 is 6.17 Å². The molecule has 3 aromatic rings. The molecule has 32 heavy (non-hydrogen) atoms. The molecule has 160 valence electrons. The molecule has 3 aromatic carbocycles. The Morgan fingerprint density at radius 2 is 1.91 bits per heavy atom. The monoisotopic (exact) mass is 462 g/mol. The summed E-state index contributed by atoms with van der Waals surface area (Å²) in [5.74, 6) is 1.17. The van der Waals surface area contributed by atoms with Crippen molar-refractivity contribution < 1.29 is 9.53 Å². The quantitative estimate of drug-likeness (QED) is 0.645. The number of rotatable bonds is 4. The fraction of sp³-hybridized carbons (Fsp3) is 0.125. The zero-order valence-corrected chi connectivity index (χ0v) is 18.7.